The molecule has 0 aliphatic rings. The van der Waals surface area contributed by atoms with E-state index in [1.807, 2.05) is 37.3 Å². The number of carbonyl (C=O) groups excluding carboxylic acids is 1. The molecule has 130 valence electrons. The molecule has 0 bridgehead atoms. The summed E-state index contributed by atoms with van der Waals surface area (Å²) in [5.74, 6) is 0.323. The summed E-state index contributed by atoms with van der Waals surface area (Å²) in [7, 11) is 0. The highest BCUT2D eigenvalue weighted by molar-refractivity contribution is 5.87. The van der Waals surface area contributed by atoms with E-state index < -0.39 is 5.54 Å². The molecule has 0 saturated carbocycles. The van der Waals surface area contributed by atoms with Crippen molar-refractivity contribution in [1.82, 2.24) is 5.32 Å². The van der Waals surface area contributed by atoms with E-state index in [9.17, 15) is 4.79 Å². The maximum Gasteiger partial charge on any atom is 0.244 e. The van der Waals surface area contributed by atoms with Crippen molar-refractivity contribution in [2.45, 2.75) is 45.2 Å². The summed E-state index contributed by atoms with van der Waals surface area (Å²) in [6.07, 6.45) is 0. The molecule has 0 heterocycles. The lowest BCUT2D eigenvalue weighted by Gasteiger charge is -2.26. The number of amides is 1. The summed E-state index contributed by atoms with van der Waals surface area (Å²) in [5.41, 5.74) is 8.38. The normalized spacial score (nSPS) is 14.4. The van der Waals surface area contributed by atoms with Crippen molar-refractivity contribution in [3.05, 3.63) is 71.3 Å². The van der Waals surface area contributed by atoms with Crippen LogP contribution in [0, 0.1) is 0 Å². The van der Waals surface area contributed by atoms with Crippen LogP contribution in [-0.4, -0.2) is 5.91 Å². The highest BCUT2D eigenvalue weighted by Gasteiger charge is 2.31. The lowest BCUT2D eigenvalue weighted by atomic mass is 9.91. The minimum atomic E-state index is -1.05. The maximum atomic E-state index is 12.6. The molecule has 1 amide bonds. The van der Waals surface area contributed by atoms with Gasteiger partial charge in [-0.3, -0.25) is 4.79 Å². The second-order valence-corrected chi connectivity index (χ2v) is 6.58. The molecule has 0 aliphatic carbocycles. The zero-order valence-electron chi connectivity index (χ0n) is 14.7. The van der Waals surface area contributed by atoms with Crippen LogP contribution in [0.1, 0.15) is 56.3 Å². The summed E-state index contributed by atoms with van der Waals surface area (Å²) >= 11 is 0. The summed E-state index contributed by atoms with van der Waals surface area (Å²) < 4.78 is 0. The zero-order valence-corrected chi connectivity index (χ0v) is 15.6. The maximum absolute atomic E-state index is 12.6. The van der Waals surface area contributed by atoms with Crippen molar-refractivity contribution in [3.63, 3.8) is 0 Å². The lowest BCUT2D eigenvalue weighted by Crippen LogP contribution is -2.49. The van der Waals surface area contributed by atoms with Crippen molar-refractivity contribution in [2.24, 2.45) is 5.73 Å². The molecular formula is C20H27ClN2O. The molecule has 2 rings (SSSR count). The number of nitrogens with two attached hydrogens (primary N) is 1. The topological polar surface area (TPSA) is 55.1 Å². The average molecular weight is 347 g/mol. The molecule has 0 saturated heterocycles. The van der Waals surface area contributed by atoms with Crippen LogP contribution >= 0.6 is 12.4 Å². The van der Waals surface area contributed by atoms with Gasteiger partial charge in [-0.15, -0.1) is 12.4 Å². The van der Waals surface area contributed by atoms with Crippen LogP contribution in [-0.2, 0) is 10.3 Å². The van der Waals surface area contributed by atoms with E-state index in [1.54, 1.807) is 6.92 Å². The van der Waals surface area contributed by atoms with Crippen LogP contribution in [0.2, 0.25) is 0 Å². The Morgan fingerprint density at radius 2 is 1.46 bits per heavy atom. The number of hydrogen-bond acceptors (Lipinski definition) is 2. The fourth-order valence-electron chi connectivity index (χ4n) is 2.51. The summed E-state index contributed by atoms with van der Waals surface area (Å²) in [6, 6.07) is 17.7. The van der Waals surface area contributed by atoms with Gasteiger partial charge in [-0.25, -0.2) is 0 Å². The van der Waals surface area contributed by atoms with Gasteiger partial charge in [-0.2, -0.15) is 0 Å². The molecular weight excluding hydrogens is 320 g/mol. The summed E-state index contributed by atoms with van der Waals surface area (Å²) in [5, 5.41) is 3.02. The van der Waals surface area contributed by atoms with E-state index in [1.165, 1.54) is 5.56 Å². The first-order valence-corrected chi connectivity index (χ1v) is 8.07. The first-order valence-electron chi connectivity index (χ1n) is 8.07. The van der Waals surface area contributed by atoms with Gasteiger partial charge in [0.25, 0.3) is 0 Å². The molecule has 2 aromatic carbocycles. The van der Waals surface area contributed by atoms with E-state index >= 15 is 0 Å². The van der Waals surface area contributed by atoms with Gasteiger partial charge < -0.3 is 11.1 Å². The summed E-state index contributed by atoms with van der Waals surface area (Å²) in [4.78, 5) is 12.6. The molecule has 0 spiro atoms. The molecule has 0 aliphatic heterocycles. The highest BCUT2D eigenvalue weighted by atomic mass is 35.5. The molecule has 2 atom stereocenters. The van der Waals surface area contributed by atoms with Crippen LogP contribution in [0.3, 0.4) is 0 Å². The fourth-order valence-corrected chi connectivity index (χ4v) is 2.51. The molecule has 24 heavy (non-hydrogen) atoms. The predicted molar refractivity (Wildman–Crippen MR) is 102 cm³/mol. The van der Waals surface area contributed by atoms with Crippen molar-refractivity contribution in [1.29, 1.82) is 0 Å². The second kappa shape index (κ2) is 8.32. The highest BCUT2D eigenvalue weighted by Crippen LogP contribution is 2.21. The van der Waals surface area contributed by atoms with Crippen molar-refractivity contribution < 1.29 is 4.79 Å². The number of rotatable bonds is 5. The number of halogens is 1. The van der Waals surface area contributed by atoms with E-state index in [4.69, 9.17) is 5.73 Å². The van der Waals surface area contributed by atoms with Crippen LogP contribution in [0.25, 0.3) is 0 Å². The van der Waals surface area contributed by atoms with Gasteiger partial charge in [0.1, 0.15) is 5.54 Å². The van der Waals surface area contributed by atoms with Gasteiger partial charge in [0.15, 0.2) is 0 Å². The van der Waals surface area contributed by atoms with Crippen molar-refractivity contribution in [3.8, 4) is 0 Å². The van der Waals surface area contributed by atoms with E-state index in [0.29, 0.717) is 5.92 Å². The quantitative estimate of drug-likeness (QED) is 0.848. The van der Waals surface area contributed by atoms with Crippen LogP contribution in [0.15, 0.2) is 54.6 Å². The number of nitrogens with one attached hydrogen (secondary N) is 1. The summed E-state index contributed by atoms with van der Waals surface area (Å²) in [6.45, 7) is 8.05. The van der Waals surface area contributed by atoms with Crippen molar-refractivity contribution in [2.75, 3.05) is 0 Å². The molecule has 3 N–H and O–H groups in total. The van der Waals surface area contributed by atoms with Gasteiger partial charge in [0.2, 0.25) is 5.91 Å². The van der Waals surface area contributed by atoms with Crippen molar-refractivity contribution >= 4 is 18.3 Å². The molecule has 4 heteroatoms. The Morgan fingerprint density at radius 1 is 0.958 bits per heavy atom. The Kier molecular flexibility index (Phi) is 7.00. The molecule has 0 aromatic heterocycles. The molecule has 0 fully saturated rings. The monoisotopic (exact) mass is 346 g/mol. The van der Waals surface area contributed by atoms with Crippen LogP contribution in [0.4, 0.5) is 0 Å². The Bertz CT molecular complexity index is 651. The smallest absolute Gasteiger partial charge is 0.244 e. The van der Waals surface area contributed by atoms with Crippen LogP contribution < -0.4 is 11.1 Å². The van der Waals surface area contributed by atoms with E-state index in [-0.39, 0.29) is 24.4 Å². The SMILES string of the molecule is CC(C)c1ccc(C(C)NC(=O)C(C)(N)c2ccccc2)cc1.Cl. The molecule has 2 aromatic rings. The fraction of sp³-hybridized carbons (Fsp3) is 0.350. The number of hydrogen-bond donors (Lipinski definition) is 2. The van der Waals surface area contributed by atoms with Crippen LogP contribution in [0.5, 0.6) is 0 Å². The van der Waals surface area contributed by atoms with Gasteiger partial charge >= 0.3 is 0 Å². The van der Waals surface area contributed by atoms with E-state index in [2.05, 4.69) is 43.4 Å². The Morgan fingerprint density at radius 3 is 1.96 bits per heavy atom. The standard InChI is InChI=1S/C20H26N2O.ClH/c1-14(2)16-10-12-17(13-11-16)15(3)22-19(23)20(4,21)18-8-6-5-7-9-18;/h5-15H,21H2,1-4H3,(H,22,23);1H. The minimum absolute atomic E-state index is 0. The minimum Gasteiger partial charge on any atom is -0.348 e. The zero-order chi connectivity index (χ0) is 17.0. The average Bonchev–Trinajstić information content (AvgIpc) is 2.55. The lowest BCUT2D eigenvalue weighted by molar-refractivity contribution is -0.126. The van der Waals surface area contributed by atoms with Gasteiger partial charge in [-0.1, -0.05) is 68.4 Å². The third kappa shape index (κ3) is 4.59. The second-order valence-electron chi connectivity index (χ2n) is 6.58. The Balaban J connectivity index is 0.00000288. The molecule has 3 nitrogen and oxygen atoms in total. The van der Waals surface area contributed by atoms with Gasteiger partial charge in [-0.05, 0) is 36.5 Å². The first kappa shape index (κ1) is 20.2. The predicted octanol–water partition coefficient (Wildman–Crippen LogP) is 4.28. The van der Waals surface area contributed by atoms with Gasteiger partial charge in [0, 0.05) is 0 Å². The number of carbonyl (C=O) groups is 1. The Labute approximate surface area is 151 Å². The van der Waals surface area contributed by atoms with Gasteiger partial charge in [0.05, 0.1) is 6.04 Å². The Hall–Kier alpha value is -1.84. The third-order valence-electron chi connectivity index (χ3n) is 4.30. The van der Waals surface area contributed by atoms with E-state index in [0.717, 1.165) is 11.1 Å². The molecule has 0 radical (unpaired) electrons. The molecule has 2 unspecified atom stereocenters. The largest absolute Gasteiger partial charge is 0.348 e. The number of benzene rings is 2. The first-order chi connectivity index (χ1) is 10.8. The third-order valence-corrected chi connectivity index (χ3v) is 4.30.